The predicted molar refractivity (Wildman–Crippen MR) is 358 cm³/mol. The molecular formula is C63H64ClN9O5S6. The van der Waals surface area contributed by atoms with Gasteiger partial charge in [-0.3, -0.25) is 15.0 Å². The van der Waals surface area contributed by atoms with E-state index in [0.717, 1.165) is 97.8 Å². The van der Waals surface area contributed by atoms with Gasteiger partial charge in [-0.1, -0.05) is 53.1 Å². The first-order valence-corrected chi connectivity index (χ1v) is 32.5. The van der Waals surface area contributed by atoms with Crippen molar-refractivity contribution in [2.24, 2.45) is 0 Å². The highest BCUT2D eigenvalue weighted by Crippen LogP contribution is 2.44. The lowest BCUT2D eigenvalue weighted by molar-refractivity contribution is 0.402. The molecule has 0 atom stereocenters. The van der Waals surface area contributed by atoms with E-state index >= 15 is 0 Å². The van der Waals surface area contributed by atoms with Gasteiger partial charge in [-0.15, -0.1) is 57.5 Å². The fourth-order valence-corrected chi connectivity index (χ4v) is 14.2. The third-order valence-electron chi connectivity index (χ3n) is 12.5. The maximum absolute atomic E-state index is 13.1. The molecule has 0 saturated heterocycles. The van der Waals surface area contributed by atoms with Gasteiger partial charge in [-0.25, -0.2) is 23.4 Å². The highest BCUT2D eigenvalue weighted by molar-refractivity contribution is 8.01. The third kappa shape index (κ3) is 14.7. The first-order chi connectivity index (χ1) is 39.9. The van der Waals surface area contributed by atoms with Crippen LogP contribution < -0.4 is 30.6 Å². The Bertz CT molecular complexity index is 4440. The molecule has 14 nitrogen and oxygen atoms in total. The molecule has 6 aromatic heterocycles. The van der Waals surface area contributed by atoms with Crippen LogP contribution >= 0.6 is 69.1 Å². The van der Waals surface area contributed by atoms with E-state index in [1.165, 1.54) is 16.5 Å². The fourth-order valence-electron chi connectivity index (χ4n) is 8.54. The number of nitrogens with one attached hydrogen (secondary N) is 2. The molecule has 6 heterocycles. The summed E-state index contributed by atoms with van der Waals surface area (Å²) in [6.45, 7) is 18.2. The van der Waals surface area contributed by atoms with E-state index in [0.29, 0.717) is 16.7 Å². The number of nitrogens with two attached hydrogens (primary N) is 1. The minimum Gasteiger partial charge on any atom is -0.496 e. The number of methoxy groups -OCH3 is 3. The van der Waals surface area contributed by atoms with Crippen molar-refractivity contribution in [2.45, 2.75) is 91.2 Å². The number of thiazole rings is 3. The molecule has 434 valence electrons. The van der Waals surface area contributed by atoms with E-state index < -0.39 is 14.6 Å². The molecule has 0 saturated carbocycles. The van der Waals surface area contributed by atoms with Crippen LogP contribution in [0.2, 0.25) is 5.02 Å². The summed E-state index contributed by atoms with van der Waals surface area (Å²) in [5.41, 5.74) is 20.8. The smallest absolute Gasteiger partial charge is 0.186 e. The molecule has 4 N–H and O–H groups in total. The molecule has 0 amide bonds. The van der Waals surface area contributed by atoms with E-state index in [4.69, 9.17) is 31.5 Å². The fraction of sp³-hybridized carbons (Fsp3) is 0.238. The van der Waals surface area contributed by atoms with Crippen LogP contribution in [0.3, 0.4) is 0 Å². The van der Waals surface area contributed by atoms with Crippen molar-refractivity contribution in [1.82, 2.24) is 29.9 Å². The van der Waals surface area contributed by atoms with Crippen LogP contribution in [-0.4, -0.2) is 73.9 Å². The predicted octanol–water partition coefficient (Wildman–Crippen LogP) is 18.3. The molecule has 0 bridgehead atoms. The summed E-state index contributed by atoms with van der Waals surface area (Å²) in [6, 6.07) is 35.1. The van der Waals surface area contributed by atoms with Gasteiger partial charge in [-0.2, -0.15) is 0 Å². The van der Waals surface area contributed by atoms with Gasteiger partial charge in [0.25, 0.3) is 0 Å². The standard InChI is InChI=1S/C21H21N3O3S2.C21H21N3OS2.C14H16ClNOS.C7H6N2S/c1-21(2,3)29(25,26)20-10-14-15(7-8-22-16(14)11-18(20)27-4)24-13-5-6-19-17(9-13)23-12-28-19;1-21(2,3)27-20-10-14-15(7-8-22-16(14)11-18(20)25-4)24-13-5-6-19-17(9-13)23-12-26-19;1-14(2,3)18-13-7-9-10(15)5-6-16-11(9)8-12(13)17-4;8-5-1-2-7-6(3-5)9-4-10-7/h5-12H,1-4H3,(H,22,24);5-12H,1-4H3,(H,22,24);5-8H,1-4H3;1-4H,8H2. The number of hydrogen-bond acceptors (Lipinski definition) is 19. The first-order valence-electron chi connectivity index (χ1n) is 26.4. The average Bonchev–Trinajstić information content (AvgIpc) is 3.20. The SMILES string of the molecule is COc1cc2nccc(Cl)c2cc1SC(C)(C)C.COc1cc2nccc(Nc3ccc4scnc4c3)c2cc1S(=O)(=O)C(C)(C)C.COc1cc2nccc(Nc3ccc4scnc4c3)c2cc1SC(C)(C)C.Nc1ccc2scnc2c1. The number of benzene rings is 6. The monoisotopic (exact) mass is 1250 g/mol. The van der Waals surface area contributed by atoms with Gasteiger partial charge >= 0.3 is 0 Å². The summed E-state index contributed by atoms with van der Waals surface area (Å²) in [5.74, 6) is 1.99. The number of rotatable bonds is 10. The van der Waals surface area contributed by atoms with Gasteiger partial charge in [0.15, 0.2) is 9.84 Å². The van der Waals surface area contributed by atoms with E-state index in [9.17, 15) is 8.42 Å². The number of nitrogens with zero attached hydrogens (tertiary/aromatic N) is 6. The van der Waals surface area contributed by atoms with Crippen LogP contribution in [0, 0.1) is 0 Å². The highest BCUT2D eigenvalue weighted by Gasteiger charge is 2.34. The van der Waals surface area contributed by atoms with E-state index in [1.54, 1.807) is 117 Å². The van der Waals surface area contributed by atoms with Crippen LogP contribution in [0.1, 0.15) is 62.3 Å². The number of fused-ring (bicyclic) bond motifs is 6. The van der Waals surface area contributed by atoms with Gasteiger partial charge in [0.05, 0.1) is 105 Å². The summed E-state index contributed by atoms with van der Waals surface area (Å²) in [6.07, 6.45) is 5.21. The van der Waals surface area contributed by atoms with Gasteiger partial charge in [-0.05, 0) is 112 Å². The van der Waals surface area contributed by atoms with Crippen LogP contribution in [0.25, 0.3) is 63.4 Å². The Morgan fingerprint density at radius 3 is 1.33 bits per heavy atom. The van der Waals surface area contributed by atoms with Gasteiger partial charge in [0.2, 0.25) is 0 Å². The van der Waals surface area contributed by atoms with Crippen LogP contribution in [0.5, 0.6) is 17.2 Å². The van der Waals surface area contributed by atoms with Crippen molar-refractivity contribution < 1.29 is 22.6 Å². The topological polar surface area (TPSA) is 189 Å². The zero-order chi connectivity index (χ0) is 60.1. The number of pyridine rings is 3. The third-order valence-corrected chi connectivity index (χ3v) is 20.1. The van der Waals surface area contributed by atoms with E-state index in [-0.39, 0.29) is 14.4 Å². The average molecular weight is 1260 g/mol. The lowest BCUT2D eigenvalue weighted by atomic mass is 10.1. The highest BCUT2D eigenvalue weighted by atomic mass is 35.5. The molecule has 21 heteroatoms. The summed E-state index contributed by atoms with van der Waals surface area (Å²) in [4.78, 5) is 28.5. The van der Waals surface area contributed by atoms with Crippen molar-refractivity contribution in [1.29, 1.82) is 0 Å². The lowest BCUT2D eigenvalue weighted by Gasteiger charge is -2.21. The van der Waals surface area contributed by atoms with Gasteiger partial charge < -0.3 is 30.6 Å². The molecule has 84 heavy (non-hydrogen) atoms. The summed E-state index contributed by atoms with van der Waals surface area (Å²) >= 11 is 14.6. The second-order valence-electron chi connectivity index (χ2n) is 22.0. The Balaban J connectivity index is 0.000000142. The number of sulfone groups is 1. The lowest BCUT2D eigenvalue weighted by Crippen LogP contribution is -2.28. The molecular weight excluding hydrogens is 1190 g/mol. The Hall–Kier alpha value is -7.04. The Kier molecular flexibility index (Phi) is 18.8. The van der Waals surface area contributed by atoms with E-state index in [2.05, 4.69) is 112 Å². The number of aromatic nitrogens is 6. The molecule has 0 aliphatic carbocycles. The number of hydrogen-bond donors (Lipinski definition) is 3. The molecule has 12 aromatic rings. The Morgan fingerprint density at radius 1 is 0.476 bits per heavy atom. The molecule has 0 spiro atoms. The normalized spacial score (nSPS) is 11.9. The summed E-state index contributed by atoms with van der Waals surface area (Å²) in [5, 5.41) is 10.4. The first kappa shape index (κ1) is 61.5. The molecule has 0 fully saturated rings. The minimum atomic E-state index is -3.61. The van der Waals surface area contributed by atoms with Crippen LogP contribution in [0.15, 0.2) is 159 Å². The Labute approximate surface area is 514 Å². The van der Waals surface area contributed by atoms with Crippen molar-refractivity contribution in [3.05, 3.63) is 149 Å². The van der Waals surface area contributed by atoms with Gasteiger partial charge in [0, 0.05) is 90.9 Å². The molecule has 12 rings (SSSR count). The second kappa shape index (κ2) is 25.7. The number of thioether (sulfide) groups is 2. The van der Waals surface area contributed by atoms with Crippen molar-refractivity contribution in [2.75, 3.05) is 37.7 Å². The largest absolute Gasteiger partial charge is 0.496 e. The number of halogens is 1. The number of ether oxygens (including phenoxy) is 3. The van der Waals surface area contributed by atoms with Crippen LogP contribution in [-0.2, 0) is 9.84 Å². The number of anilines is 5. The molecule has 0 radical (unpaired) electrons. The molecule has 0 aliphatic heterocycles. The number of nitrogen functional groups attached to an aromatic ring is 1. The van der Waals surface area contributed by atoms with Gasteiger partial charge in [0.1, 0.15) is 22.1 Å². The zero-order valence-electron chi connectivity index (χ0n) is 48.5. The summed E-state index contributed by atoms with van der Waals surface area (Å²) in [7, 11) is 1.24. The quantitative estimate of drug-likeness (QED) is 0.0865. The molecule has 0 unspecified atom stereocenters. The molecule has 0 aliphatic rings. The second-order valence-corrected chi connectivity index (χ2v) is 31.5. The van der Waals surface area contributed by atoms with Crippen molar-refractivity contribution in [3.8, 4) is 17.2 Å². The maximum atomic E-state index is 13.1. The van der Waals surface area contributed by atoms with Crippen molar-refractivity contribution in [3.63, 3.8) is 0 Å². The van der Waals surface area contributed by atoms with Crippen LogP contribution in [0.4, 0.5) is 28.4 Å². The Morgan fingerprint density at radius 2 is 0.881 bits per heavy atom. The summed E-state index contributed by atoms with van der Waals surface area (Å²) < 4.78 is 45.4. The van der Waals surface area contributed by atoms with E-state index in [1.807, 2.05) is 89.5 Å². The van der Waals surface area contributed by atoms with Crippen molar-refractivity contribution >= 4 is 171 Å². The maximum Gasteiger partial charge on any atom is 0.186 e. The minimum absolute atomic E-state index is 0.0897. The molecule has 6 aromatic carbocycles. The zero-order valence-corrected chi connectivity index (χ0v) is 54.1.